The van der Waals surface area contributed by atoms with Gasteiger partial charge in [-0.1, -0.05) is 65.8 Å². The summed E-state index contributed by atoms with van der Waals surface area (Å²) in [6.07, 6.45) is 3.73. The summed E-state index contributed by atoms with van der Waals surface area (Å²) in [7, 11) is 0. The fourth-order valence-electron chi connectivity index (χ4n) is 5.84. The fraction of sp³-hybridized carbons (Fsp3) is 0.458. The molecule has 3 unspecified atom stereocenters. The second-order valence-corrected chi connectivity index (χ2v) is 8.54. The molecule has 4 nitrogen and oxygen atoms in total. The zero-order valence-corrected chi connectivity index (χ0v) is 16.3. The van der Waals surface area contributed by atoms with Crippen LogP contribution in [0.1, 0.15) is 36.4 Å². The average molecular weight is 376 g/mol. The molecule has 1 N–H and O–H groups in total. The number of oxime groups is 1. The van der Waals surface area contributed by atoms with E-state index >= 15 is 0 Å². The van der Waals surface area contributed by atoms with Crippen LogP contribution in [0.5, 0.6) is 0 Å². The van der Waals surface area contributed by atoms with Crippen LogP contribution < -0.4 is 0 Å². The summed E-state index contributed by atoms with van der Waals surface area (Å²) in [5.41, 5.74) is 3.78. The molecule has 2 saturated carbocycles. The van der Waals surface area contributed by atoms with E-state index in [0.29, 0.717) is 23.9 Å². The van der Waals surface area contributed by atoms with Crippen molar-refractivity contribution in [1.29, 1.82) is 0 Å². The Morgan fingerprint density at radius 3 is 2.00 bits per heavy atom. The highest BCUT2D eigenvalue weighted by Gasteiger charge is 2.48. The molecule has 3 fully saturated rings. The minimum atomic E-state index is 0.301. The van der Waals surface area contributed by atoms with Gasteiger partial charge in [0, 0.05) is 32.1 Å². The Labute approximate surface area is 167 Å². The van der Waals surface area contributed by atoms with E-state index in [1.54, 1.807) is 0 Å². The number of rotatable bonds is 4. The molecule has 2 aliphatic carbocycles. The first-order chi connectivity index (χ1) is 13.8. The van der Waals surface area contributed by atoms with Gasteiger partial charge in [0.15, 0.2) is 0 Å². The van der Waals surface area contributed by atoms with Gasteiger partial charge in [-0.15, -0.1) is 0 Å². The maximum absolute atomic E-state index is 9.58. The molecule has 3 aliphatic rings. The molecular weight excluding hydrogens is 346 g/mol. The number of fused-ring (bicyclic) bond motifs is 2. The van der Waals surface area contributed by atoms with Crippen molar-refractivity contribution in [3.8, 4) is 0 Å². The van der Waals surface area contributed by atoms with Crippen LogP contribution >= 0.6 is 0 Å². The first-order valence-electron chi connectivity index (χ1n) is 10.6. The maximum Gasteiger partial charge on any atom is 0.0775 e. The lowest BCUT2D eigenvalue weighted by atomic mass is 9.91. The van der Waals surface area contributed by atoms with Gasteiger partial charge in [0.1, 0.15) is 0 Å². The molecule has 2 aromatic carbocycles. The molecule has 2 aromatic rings. The van der Waals surface area contributed by atoms with Gasteiger partial charge >= 0.3 is 0 Å². The summed E-state index contributed by atoms with van der Waals surface area (Å²) in [5, 5.41) is 13.3. The van der Waals surface area contributed by atoms with Gasteiger partial charge in [0.25, 0.3) is 0 Å². The highest BCUT2D eigenvalue weighted by atomic mass is 16.4. The summed E-state index contributed by atoms with van der Waals surface area (Å²) in [4.78, 5) is 5.20. The monoisotopic (exact) mass is 375 g/mol. The lowest BCUT2D eigenvalue weighted by Crippen LogP contribution is -2.54. The Hall–Kier alpha value is -2.17. The Morgan fingerprint density at radius 1 is 0.821 bits per heavy atom. The van der Waals surface area contributed by atoms with Crippen LogP contribution in [0.4, 0.5) is 0 Å². The number of piperazine rings is 1. The third-order valence-corrected chi connectivity index (χ3v) is 7.09. The normalized spacial score (nSPS) is 29.8. The second-order valence-electron chi connectivity index (χ2n) is 8.54. The van der Waals surface area contributed by atoms with E-state index in [2.05, 4.69) is 75.6 Å². The summed E-state index contributed by atoms with van der Waals surface area (Å²) in [6, 6.07) is 22.4. The molecule has 28 heavy (non-hydrogen) atoms. The Kier molecular flexibility index (Phi) is 4.91. The molecule has 146 valence electrons. The molecule has 1 aliphatic heterocycles. The van der Waals surface area contributed by atoms with E-state index in [-0.39, 0.29) is 0 Å². The SMILES string of the molecule is O/N=C1\C2CCC(C2)C1N1CCN(C(c2ccccc2)c2ccccc2)CC1. The third-order valence-electron chi connectivity index (χ3n) is 7.09. The quantitative estimate of drug-likeness (QED) is 0.648. The first kappa shape index (κ1) is 17.9. The van der Waals surface area contributed by atoms with E-state index in [9.17, 15) is 5.21 Å². The van der Waals surface area contributed by atoms with Gasteiger partial charge in [0.05, 0.1) is 17.8 Å². The van der Waals surface area contributed by atoms with Crippen molar-refractivity contribution >= 4 is 5.71 Å². The number of hydrogen-bond acceptors (Lipinski definition) is 4. The maximum atomic E-state index is 9.58. The van der Waals surface area contributed by atoms with Gasteiger partial charge < -0.3 is 5.21 Å². The van der Waals surface area contributed by atoms with Gasteiger partial charge in [-0.2, -0.15) is 0 Å². The van der Waals surface area contributed by atoms with Crippen molar-refractivity contribution in [1.82, 2.24) is 9.80 Å². The molecule has 0 radical (unpaired) electrons. The predicted octanol–water partition coefficient (Wildman–Crippen LogP) is 4.02. The summed E-state index contributed by atoms with van der Waals surface area (Å²) in [6.45, 7) is 4.17. The van der Waals surface area contributed by atoms with Crippen molar-refractivity contribution in [3.05, 3.63) is 71.8 Å². The minimum absolute atomic E-state index is 0.301. The van der Waals surface area contributed by atoms with Crippen molar-refractivity contribution in [2.45, 2.75) is 31.3 Å². The predicted molar refractivity (Wildman–Crippen MR) is 112 cm³/mol. The lowest BCUT2D eigenvalue weighted by Gasteiger charge is -2.43. The van der Waals surface area contributed by atoms with E-state index in [1.807, 2.05) is 0 Å². The largest absolute Gasteiger partial charge is 0.411 e. The Balaban J connectivity index is 1.34. The Morgan fingerprint density at radius 2 is 1.43 bits per heavy atom. The van der Waals surface area contributed by atoms with Crippen LogP contribution in [0.15, 0.2) is 65.8 Å². The first-order valence-corrected chi connectivity index (χ1v) is 10.6. The summed E-state index contributed by atoms with van der Waals surface area (Å²) < 4.78 is 0. The van der Waals surface area contributed by atoms with Crippen LogP contribution in [0.3, 0.4) is 0 Å². The van der Waals surface area contributed by atoms with Crippen LogP contribution in [0.25, 0.3) is 0 Å². The van der Waals surface area contributed by atoms with Crippen molar-refractivity contribution in [2.75, 3.05) is 26.2 Å². The van der Waals surface area contributed by atoms with E-state index in [1.165, 1.54) is 30.4 Å². The van der Waals surface area contributed by atoms with Crippen LogP contribution in [-0.4, -0.2) is 52.9 Å². The summed E-state index contributed by atoms with van der Waals surface area (Å²) in [5.74, 6) is 1.22. The van der Waals surface area contributed by atoms with E-state index in [0.717, 1.165) is 31.9 Å². The molecule has 0 spiro atoms. The zero-order chi connectivity index (χ0) is 18.9. The van der Waals surface area contributed by atoms with Gasteiger partial charge in [-0.3, -0.25) is 9.80 Å². The van der Waals surface area contributed by atoms with Crippen LogP contribution in [-0.2, 0) is 0 Å². The number of benzene rings is 2. The Bertz CT molecular complexity index is 775. The molecule has 5 rings (SSSR count). The molecule has 0 aromatic heterocycles. The molecule has 2 bridgehead atoms. The second kappa shape index (κ2) is 7.69. The van der Waals surface area contributed by atoms with Gasteiger partial charge in [-0.05, 0) is 36.3 Å². The number of hydrogen-bond donors (Lipinski definition) is 1. The highest BCUT2D eigenvalue weighted by molar-refractivity contribution is 5.94. The van der Waals surface area contributed by atoms with Crippen molar-refractivity contribution in [3.63, 3.8) is 0 Å². The van der Waals surface area contributed by atoms with E-state index in [4.69, 9.17) is 0 Å². The van der Waals surface area contributed by atoms with E-state index < -0.39 is 0 Å². The minimum Gasteiger partial charge on any atom is -0.411 e. The van der Waals surface area contributed by atoms with Gasteiger partial charge in [-0.25, -0.2) is 0 Å². The molecule has 1 heterocycles. The average Bonchev–Trinajstić information content (AvgIpc) is 3.37. The van der Waals surface area contributed by atoms with Crippen molar-refractivity contribution in [2.24, 2.45) is 17.0 Å². The molecule has 3 atom stereocenters. The standard InChI is InChI=1S/C24H29N3O/c28-25-22-20-11-12-21(17-20)24(22)27-15-13-26(14-16-27)23(18-7-3-1-4-8-18)19-9-5-2-6-10-19/h1-10,20-21,23-24,28H,11-17H2/b25-22+. The topological polar surface area (TPSA) is 39.1 Å². The highest BCUT2D eigenvalue weighted by Crippen LogP contribution is 2.45. The smallest absolute Gasteiger partial charge is 0.0775 e. The number of nitrogens with zero attached hydrogens (tertiary/aromatic N) is 3. The van der Waals surface area contributed by atoms with Crippen LogP contribution in [0.2, 0.25) is 0 Å². The van der Waals surface area contributed by atoms with Gasteiger partial charge in [0.2, 0.25) is 0 Å². The summed E-state index contributed by atoms with van der Waals surface area (Å²) >= 11 is 0. The third kappa shape index (κ3) is 3.15. The molecular formula is C24H29N3O. The molecule has 1 saturated heterocycles. The molecule has 0 amide bonds. The molecule has 4 heteroatoms. The fourth-order valence-corrected chi connectivity index (χ4v) is 5.84. The zero-order valence-electron chi connectivity index (χ0n) is 16.3. The lowest BCUT2D eigenvalue weighted by molar-refractivity contribution is 0.0816. The van der Waals surface area contributed by atoms with Crippen LogP contribution in [0, 0.1) is 11.8 Å². The van der Waals surface area contributed by atoms with Crippen molar-refractivity contribution < 1.29 is 5.21 Å².